The van der Waals surface area contributed by atoms with Crippen LogP contribution in [0.2, 0.25) is 0 Å². The molecule has 0 aliphatic heterocycles. The molecule has 1 rings (SSSR count). The van der Waals surface area contributed by atoms with Crippen LogP contribution in [0, 0.1) is 0 Å². The molecule has 1 aromatic carbocycles. The third-order valence-electron chi connectivity index (χ3n) is 1.77. The summed E-state index contributed by atoms with van der Waals surface area (Å²) in [5, 5.41) is 5.73. The van der Waals surface area contributed by atoms with Crippen molar-refractivity contribution < 1.29 is 9.53 Å². The van der Waals surface area contributed by atoms with Gasteiger partial charge in [0.2, 0.25) is 6.41 Å². The molecular formula is C10H14N2O2. The van der Waals surface area contributed by atoms with Crippen LogP contribution in [0.3, 0.4) is 0 Å². The molecule has 0 saturated heterocycles. The van der Waals surface area contributed by atoms with Gasteiger partial charge in [-0.2, -0.15) is 0 Å². The van der Waals surface area contributed by atoms with Crippen LogP contribution in [-0.4, -0.2) is 26.6 Å². The maximum absolute atomic E-state index is 9.94. The van der Waals surface area contributed by atoms with Crippen LogP contribution in [0.5, 0.6) is 5.75 Å². The lowest BCUT2D eigenvalue weighted by Crippen LogP contribution is -2.20. The summed E-state index contributed by atoms with van der Waals surface area (Å²) in [6.07, 6.45) is 0.690. The van der Waals surface area contributed by atoms with E-state index in [0.717, 1.165) is 11.4 Å². The molecule has 0 aromatic heterocycles. The first-order chi connectivity index (χ1) is 6.86. The van der Waals surface area contributed by atoms with Crippen LogP contribution >= 0.6 is 0 Å². The van der Waals surface area contributed by atoms with Crippen LogP contribution in [0.4, 0.5) is 5.69 Å². The quantitative estimate of drug-likeness (QED) is 0.521. The summed E-state index contributed by atoms with van der Waals surface area (Å²) in [5.74, 6) is 0.835. The molecule has 1 aromatic rings. The van der Waals surface area contributed by atoms with Crippen molar-refractivity contribution in [3.8, 4) is 5.75 Å². The number of hydrogen-bond acceptors (Lipinski definition) is 3. The van der Waals surface area contributed by atoms with E-state index < -0.39 is 0 Å². The first kappa shape index (κ1) is 10.4. The Kier molecular flexibility index (Phi) is 4.34. The van der Waals surface area contributed by atoms with Gasteiger partial charge in [-0.15, -0.1) is 0 Å². The van der Waals surface area contributed by atoms with Crippen LogP contribution in [-0.2, 0) is 4.79 Å². The van der Waals surface area contributed by atoms with E-state index in [1.54, 1.807) is 7.11 Å². The molecule has 0 unspecified atom stereocenters. The van der Waals surface area contributed by atoms with E-state index in [4.69, 9.17) is 4.74 Å². The molecule has 76 valence electrons. The number of nitrogens with one attached hydrogen (secondary N) is 2. The fourth-order valence-electron chi connectivity index (χ4n) is 1.05. The van der Waals surface area contributed by atoms with Crippen LogP contribution < -0.4 is 15.4 Å². The maximum Gasteiger partial charge on any atom is 0.207 e. The Hall–Kier alpha value is -1.71. The van der Waals surface area contributed by atoms with Gasteiger partial charge in [-0.05, 0) is 24.3 Å². The summed E-state index contributed by atoms with van der Waals surface area (Å²) < 4.78 is 5.03. The van der Waals surface area contributed by atoms with E-state index in [1.807, 2.05) is 24.3 Å². The zero-order valence-electron chi connectivity index (χ0n) is 8.12. The molecule has 0 spiro atoms. The van der Waals surface area contributed by atoms with Gasteiger partial charge in [0, 0.05) is 18.8 Å². The highest BCUT2D eigenvalue weighted by Crippen LogP contribution is 2.14. The molecule has 4 heteroatoms. The Balaban J connectivity index is 2.32. The monoisotopic (exact) mass is 194 g/mol. The van der Waals surface area contributed by atoms with Crippen molar-refractivity contribution in [3.05, 3.63) is 24.3 Å². The standard InChI is InChI=1S/C10H14N2O2/c1-14-10-4-2-9(3-5-10)12-7-6-11-8-13/h2-5,8,12H,6-7H2,1H3,(H,11,13). The molecule has 0 fully saturated rings. The zero-order chi connectivity index (χ0) is 10.2. The van der Waals surface area contributed by atoms with Gasteiger partial charge < -0.3 is 15.4 Å². The molecular weight excluding hydrogens is 180 g/mol. The highest BCUT2D eigenvalue weighted by Gasteiger charge is 1.92. The second-order valence-electron chi connectivity index (χ2n) is 2.73. The van der Waals surface area contributed by atoms with Gasteiger partial charge in [0.15, 0.2) is 0 Å². The molecule has 14 heavy (non-hydrogen) atoms. The molecule has 0 aliphatic rings. The van der Waals surface area contributed by atoms with Crippen molar-refractivity contribution in [1.29, 1.82) is 0 Å². The number of ether oxygens (including phenoxy) is 1. The van der Waals surface area contributed by atoms with Crippen LogP contribution in [0.25, 0.3) is 0 Å². The van der Waals surface area contributed by atoms with Gasteiger partial charge in [-0.25, -0.2) is 0 Å². The Morgan fingerprint density at radius 2 is 2.00 bits per heavy atom. The van der Waals surface area contributed by atoms with Crippen molar-refractivity contribution in [1.82, 2.24) is 5.32 Å². The topological polar surface area (TPSA) is 50.4 Å². The number of carbonyl (C=O) groups excluding carboxylic acids is 1. The molecule has 0 aliphatic carbocycles. The summed E-state index contributed by atoms with van der Waals surface area (Å²) >= 11 is 0. The maximum atomic E-state index is 9.94. The minimum atomic E-state index is 0.621. The molecule has 2 N–H and O–H groups in total. The molecule has 4 nitrogen and oxygen atoms in total. The van der Waals surface area contributed by atoms with Crippen LogP contribution in [0.1, 0.15) is 0 Å². The van der Waals surface area contributed by atoms with Crippen molar-refractivity contribution >= 4 is 12.1 Å². The third kappa shape index (κ3) is 3.35. The molecule has 0 saturated carbocycles. The average molecular weight is 194 g/mol. The highest BCUT2D eigenvalue weighted by molar-refractivity contribution is 5.47. The molecule has 1 amide bonds. The zero-order valence-corrected chi connectivity index (χ0v) is 8.12. The van der Waals surface area contributed by atoms with E-state index >= 15 is 0 Å². The molecule has 0 heterocycles. The minimum absolute atomic E-state index is 0.621. The molecule has 0 bridgehead atoms. The average Bonchev–Trinajstić information content (AvgIpc) is 2.25. The summed E-state index contributed by atoms with van der Waals surface area (Å²) in [6, 6.07) is 7.63. The number of benzene rings is 1. The lowest BCUT2D eigenvalue weighted by Gasteiger charge is -2.06. The van der Waals surface area contributed by atoms with Crippen molar-refractivity contribution in [2.45, 2.75) is 0 Å². The highest BCUT2D eigenvalue weighted by atomic mass is 16.5. The predicted molar refractivity (Wildman–Crippen MR) is 55.6 cm³/mol. The van der Waals surface area contributed by atoms with Gasteiger partial charge in [0.1, 0.15) is 5.75 Å². The fourth-order valence-corrected chi connectivity index (χ4v) is 1.05. The number of hydrogen-bond donors (Lipinski definition) is 2. The SMILES string of the molecule is COc1ccc(NCCNC=O)cc1. The largest absolute Gasteiger partial charge is 0.497 e. The van der Waals surface area contributed by atoms with E-state index in [0.29, 0.717) is 19.5 Å². The first-order valence-corrected chi connectivity index (χ1v) is 4.42. The van der Waals surface area contributed by atoms with E-state index in [-0.39, 0.29) is 0 Å². The van der Waals surface area contributed by atoms with E-state index in [2.05, 4.69) is 10.6 Å². The minimum Gasteiger partial charge on any atom is -0.497 e. The number of amides is 1. The Morgan fingerprint density at radius 3 is 2.57 bits per heavy atom. The van der Waals surface area contributed by atoms with Gasteiger partial charge >= 0.3 is 0 Å². The van der Waals surface area contributed by atoms with Gasteiger partial charge in [-0.1, -0.05) is 0 Å². The van der Waals surface area contributed by atoms with Gasteiger partial charge in [-0.3, -0.25) is 4.79 Å². The lowest BCUT2D eigenvalue weighted by molar-refractivity contribution is -0.109. The van der Waals surface area contributed by atoms with E-state index in [9.17, 15) is 4.79 Å². The Labute approximate surface area is 83.3 Å². The summed E-state index contributed by atoms with van der Waals surface area (Å²) in [7, 11) is 1.64. The number of methoxy groups -OCH3 is 1. The van der Waals surface area contributed by atoms with Gasteiger partial charge in [0.05, 0.1) is 7.11 Å². The number of carbonyl (C=O) groups is 1. The fraction of sp³-hybridized carbons (Fsp3) is 0.300. The summed E-state index contributed by atoms with van der Waals surface area (Å²) in [4.78, 5) is 9.94. The van der Waals surface area contributed by atoms with Gasteiger partial charge in [0.25, 0.3) is 0 Å². The molecule has 0 atom stereocenters. The lowest BCUT2D eigenvalue weighted by atomic mass is 10.3. The summed E-state index contributed by atoms with van der Waals surface area (Å²) in [6.45, 7) is 1.33. The Morgan fingerprint density at radius 1 is 1.29 bits per heavy atom. The number of anilines is 1. The smallest absolute Gasteiger partial charge is 0.207 e. The van der Waals surface area contributed by atoms with Crippen LogP contribution in [0.15, 0.2) is 24.3 Å². The first-order valence-electron chi connectivity index (χ1n) is 4.42. The summed E-state index contributed by atoms with van der Waals surface area (Å²) in [5.41, 5.74) is 1.01. The molecule has 0 radical (unpaired) electrons. The Bertz CT molecular complexity index is 272. The van der Waals surface area contributed by atoms with E-state index in [1.165, 1.54) is 0 Å². The number of rotatable bonds is 6. The second kappa shape index (κ2) is 5.85. The third-order valence-corrected chi connectivity index (χ3v) is 1.77. The normalized spacial score (nSPS) is 9.21. The van der Waals surface area contributed by atoms with Crippen molar-refractivity contribution in [2.24, 2.45) is 0 Å². The predicted octanol–water partition coefficient (Wildman–Crippen LogP) is 0.853. The van der Waals surface area contributed by atoms with Crippen molar-refractivity contribution in [3.63, 3.8) is 0 Å². The van der Waals surface area contributed by atoms with Crippen molar-refractivity contribution in [2.75, 3.05) is 25.5 Å². The second-order valence-corrected chi connectivity index (χ2v) is 2.73.